The Bertz CT molecular complexity index is 529. The van der Waals surface area contributed by atoms with Crippen LogP contribution in [0.1, 0.15) is 20.3 Å². The van der Waals surface area contributed by atoms with Gasteiger partial charge in [0.2, 0.25) is 5.95 Å². The van der Waals surface area contributed by atoms with E-state index in [1.807, 2.05) is 31.2 Å². The van der Waals surface area contributed by atoms with Crippen LogP contribution < -0.4 is 15.4 Å². The second-order valence-corrected chi connectivity index (χ2v) is 4.17. The summed E-state index contributed by atoms with van der Waals surface area (Å²) < 4.78 is 5.39. The van der Waals surface area contributed by atoms with Crippen LogP contribution in [0.25, 0.3) is 0 Å². The normalized spacial score (nSPS) is 10.1. The second-order valence-electron chi connectivity index (χ2n) is 4.17. The number of nitrogens with one attached hydrogen (secondary N) is 2. The molecule has 2 rings (SSSR count). The number of nitrogens with zero attached hydrogens (tertiary/aromatic N) is 3. The summed E-state index contributed by atoms with van der Waals surface area (Å²) in [6.45, 7) is 5.58. The van der Waals surface area contributed by atoms with Gasteiger partial charge in [-0.3, -0.25) is 0 Å². The Morgan fingerprint density at radius 2 is 1.95 bits per heavy atom. The average molecular weight is 273 g/mol. The first-order valence-corrected chi connectivity index (χ1v) is 6.75. The maximum absolute atomic E-state index is 5.39. The zero-order valence-electron chi connectivity index (χ0n) is 11.8. The Morgan fingerprint density at radius 3 is 2.65 bits per heavy atom. The molecule has 0 amide bonds. The zero-order chi connectivity index (χ0) is 14.2. The predicted molar refractivity (Wildman–Crippen MR) is 79.5 cm³/mol. The number of anilines is 3. The molecule has 0 aliphatic rings. The molecule has 0 radical (unpaired) electrons. The molecular weight excluding hydrogens is 254 g/mol. The fourth-order valence-electron chi connectivity index (χ4n) is 1.63. The highest BCUT2D eigenvalue weighted by Gasteiger charge is 2.01. The third kappa shape index (κ3) is 4.08. The number of rotatable bonds is 7. The number of aromatic nitrogens is 3. The third-order valence-corrected chi connectivity index (χ3v) is 2.54. The lowest BCUT2D eigenvalue weighted by Crippen LogP contribution is -2.06. The second kappa shape index (κ2) is 7.28. The third-order valence-electron chi connectivity index (χ3n) is 2.54. The zero-order valence-corrected chi connectivity index (χ0v) is 11.8. The van der Waals surface area contributed by atoms with E-state index in [4.69, 9.17) is 4.74 Å². The van der Waals surface area contributed by atoms with Crippen molar-refractivity contribution in [3.63, 3.8) is 0 Å². The van der Waals surface area contributed by atoms with Gasteiger partial charge in [-0.25, -0.2) is 0 Å². The van der Waals surface area contributed by atoms with Crippen LogP contribution in [0, 0.1) is 0 Å². The SMILES string of the molecule is CCCNc1cnnc(Nc2ccc(OCC)cc2)n1. The molecule has 1 aromatic heterocycles. The quantitative estimate of drug-likeness (QED) is 0.808. The van der Waals surface area contributed by atoms with Gasteiger partial charge in [0.05, 0.1) is 12.8 Å². The van der Waals surface area contributed by atoms with Crippen LogP contribution in [0.15, 0.2) is 30.5 Å². The first-order chi connectivity index (χ1) is 9.81. The Balaban J connectivity index is 2.01. The number of hydrogen-bond donors (Lipinski definition) is 2. The minimum absolute atomic E-state index is 0.468. The largest absolute Gasteiger partial charge is 0.494 e. The van der Waals surface area contributed by atoms with Crippen LogP contribution >= 0.6 is 0 Å². The summed E-state index contributed by atoms with van der Waals surface area (Å²) in [4.78, 5) is 4.34. The molecule has 2 aromatic rings. The number of hydrogen-bond acceptors (Lipinski definition) is 6. The predicted octanol–water partition coefficient (Wildman–Crippen LogP) is 2.84. The van der Waals surface area contributed by atoms with Crippen molar-refractivity contribution < 1.29 is 4.74 Å². The monoisotopic (exact) mass is 273 g/mol. The fraction of sp³-hybridized carbons (Fsp3) is 0.357. The van der Waals surface area contributed by atoms with Crippen molar-refractivity contribution in [2.24, 2.45) is 0 Å². The Morgan fingerprint density at radius 1 is 1.15 bits per heavy atom. The van der Waals surface area contributed by atoms with E-state index in [9.17, 15) is 0 Å². The molecule has 20 heavy (non-hydrogen) atoms. The molecule has 0 bridgehead atoms. The van der Waals surface area contributed by atoms with Crippen LogP contribution in [-0.4, -0.2) is 28.3 Å². The molecular formula is C14H19N5O. The van der Waals surface area contributed by atoms with Crippen molar-refractivity contribution in [3.05, 3.63) is 30.5 Å². The van der Waals surface area contributed by atoms with Crippen molar-refractivity contribution in [2.45, 2.75) is 20.3 Å². The van der Waals surface area contributed by atoms with Gasteiger partial charge in [0.25, 0.3) is 0 Å². The summed E-state index contributed by atoms with van der Waals surface area (Å²) in [5.74, 6) is 2.03. The van der Waals surface area contributed by atoms with E-state index in [1.165, 1.54) is 0 Å². The van der Waals surface area contributed by atoms with E-state index < -0.39 is 0 Å². The van der Waals surface area contributed by atoms with E-state index in [-0.39, 0.29) is 0 Å². The summed E-state index contributed by atoms with van der Waals surface area (Å²) in [7, 11) is 0. The summed E-state index contributed by atoms with van der Waals surface area (Å²) in [6.07, 6.45) is 2.64. The topological polar surface area (TPSA) is 72.0 Å². The van der Waals surface area contributed by atoms with Crippen LogP contribution in [0.4, 0.5) is 17.5 Å². The molecule has 0 fully saturated rings. The van der Waals surface area contributed by atoms with Gasteiger partial charge in [-0.15, -0.1) is 5.10 Å². The Kier molecular flexibility index (Phi) is 5.11. The van der Waals surface area contributed by atoms with Crippen LogP contribution in [0.5, 0.6) is 5.75 Å². The highest BCUT2D eigenvalue weighted by atomic mass is 16.5. The summed E-state index contributed by atoms with van der Waals surface area (Å²) in [5, 5.41) is 14.2. The molecule has 0 aliphatic carbocycles. The molecule has 0 saturated carbocycles. The standard InChI is InChI=1S/C14H19N5O/c1-3-9-15-13-10-16-19-14(18-13)17-11-5-7-12(8-6-11)20-4-2/h5-8,10H,3-4,9H2,1-2H3,(H2,15,17,18,19). The highest BCUT2D eigenvalue weighted by Crippen LogP contribution is 2.18. The van der Waals surface area contributed by atoms with Crippen molar-refractivity contribution in [3.8, 4) is 5.75 Å². The van der Waals surface area contributed by atoms with Crippen LogP contribution in [0.3, 0.4) is 0 Å². The lowest BCUT2D eigenvalue weighted by atomic mass is 10.3. The van der Waals surface area contributed by atoms with E-state index >= 15 is 0 Å². The van der Waals surface area contributed by atoms with E-state index in [2.05, 4.69) is 32.7 Å². The molecule has 1 aromatic carbocycles. The first-order valence-electron chi connectivity index (χ1n) is 6.75. The van der Waals surface area contributed by atoms with Gasteiger partial charge in [-0.2, -0.15) is 10.1 Å². The summed E-state index contributed by atoms with van der Waals surface area (Å²) >= 11 is 0. The van der Waals surface area contributed by atoms with Gasteiger partial charge >= 0.3 is 0 Å². The first kappa shape index (κ1) is 14.0. The van der Waals surface area contributed by atoms with E-state index in [0.717, 1.165) is 30.2 Å². The Hall–Kier alpha value is -2.37. The van der Waals surface area contributed by atoms with Gasteiger partial charge < -0.3 is 15.4 Å². The lowest BCUT2D eigenvalue weighted by Gasteiger charge is -2.08. The van der Waals surface area contributed by atoms with Crippen LogP contribution in [-0.2, 0) is 0 Å². The van der Waals surface area contributed by atoms with Crippen LogP contribution in [0.2, 0.25) is 0 Å². The average Bonchev–Trinajstić information content (AvgIpc) is 2.48. The smallest absolute Gasteiger partial charge is 0.249 e. The number of benzene rings is 1. The molecule has 0 atom stereocenters. The maximum Gasteiger partial charge on any atom is 0.249 e. The fourth-order valence-corrected chi connectivity index (χ4v) is 1.63. The van der Waals surface area contributed by atoms with E-state index in [0.29, 0.717) is 12.6 Å². The van der Waals surface area contributed by atoms with Crippen molar-refractivity contribution >= 4 is 17.5 Å². The summed E-state index contributed by atoms with van der Waals surface area (Å²) in [5.41, 5.74) is 0.892. The molecule has 0 aliphatic heterocycles. The van der Waals surface area contributed by atoms with Gasteiger partial charge in [0.1, 0.15) is 5.75 Å². The van der Waals surface area contributed by atoms with E-state index in [1.54, 1.807) is 6.20 Å². The minimum atomic E-state index is 0.468. The molecule has 106 valence electrons. The molecule has 2 N–H and O–H groups in total. The number of ether oxygens (including phenoxy) is 1. The molecule has 0 saturated heterocycles. The highest BCUT2D eigenvalue weighted by molar-refractivity contribution is 5.55. The molecule has 0 spiro atoms. The van der Waals surface area contributed by atoms with Gasteiger partial charge in [-0.1, -0.05) is 6.92 Å². The van der Waals surface area contributed by atoms with Crippen molar-refractivity contribution in [1.29, 1.82) is 0 Å². The minimum Gasteiger partial charge on any atom is -0.494 e. The summed E-state index contributed by atoms with van der Waals surface area (Å²) in [6, 6.07) is 7.64. The van der Waals surface area contributed by atoms with Gasteiger partial charge in [0.15, 0.2) is 5.82 Å². The molecule has 6 nitrogen and oxygen atoms in total. The molecule has 0 unspecified atom stereocenters. The molecule has 6 heteroatoms. The van der Waals surface area contributed by atoms with Gasteiger partial charge in [0, 0.05) is 12.2 Å². The van der Waals surface area contributed by atoms with Gasteiger partial charge in [-0.05, 0) is 37.6 Å². The molecule has 1 heterocycles. The van der Waals surface area contributed by atoms with Crippen molar-refractivity contribution in [2.75, 3.05) is 23.8 Å². The maximum atomic E-state index is 5.39. The van der Waals surface area contributed by atoms with Crippen molar-refractivity contribution in [1.82, 2.24) is 15.2 Å². The lowest BCUT2D eigenvalue weighted by molar-refractivity contribution is 0.340. The Labute approximate surface area is 118 Å².